The van der Waals surface area contributed by atoms with Crippen molar-refractivity contribution in [2.75, 3.05) is 5.73 Å². The summed E-state index contributed by atoms with van der Waals surface area (Å²) in [4.78, 5) is 0. The molecule has 2 aromatic carbocycles. The maximum atomic E-state index is 12.5. The molecule has 2 aromatic rings. The van der Waals surface area contributed by atoms with Gasteiger partial charge >= 0.3 is 6.18 Å². The van der Waals surface area contributed by atoms with Gasteiger partial charge in [0, 0.05) is 16.3 Å². The van der Waals surface area contributed by atoms with Crippen LogP contribution in [0, 0.1) is 0 Å². The summed E-state index contributed by atoms with van der Waals surface area (Å²) in [5.74, 6) is 0. The molecule has 0 amide bonds. The van der Waals surface area contributed by atoms with Gasteiger partial charge in [0.05, 0.1) is 5.56 Å². The lowest BCUT2D eigenvalue weighted by molar-refractivity contribution is -0.137. The summed E-state index contributed by atoms with van der Waals surface area (Å²) in [5, 5.41) is 0.559. The van der Waals surface area contributed by atoms with Gasteiger partial charge in [-0.3, -0.25) is 0 Å². The average Bonchev–Trinajstić information content (AvgIpc) is 2.29. The van der Waals surface area contributed by atoms with Crippen LogP contribution >= 0.6 is 11.6 Å². The Morgan fingerprint density at radius 1 is 0.944 bits per heavy atom. The van der Waals surface area contributed by atoms with Gasteiger partial charge in [0.15, 0.2) is 0 Å². The van der Waals surface area contributed by atoms with E-state index in [1.807, 2.05) is 0 Å². The van der Waals surface area contributed by atoms with Crippen LogP contribution in [0.3, 0.4) is 0 Å². The molecule has 94 valence electrons. The smallest absolute Gasteiger partial charge is 0.398 e. The van der Waals surface area contributed by atoms with E-state index in [1.165, 1.54) is 6.07 Å². The number of nitrogen functional groups attached to an aromatic ring is 1. The first kappa shape index (κ1) is 12.8. The number of hydrogen-bond acceptors (Lipinski definition) is 1. The van der Waals surface area contributed by atoms with E-state index in [1.54, 1.807) is 24.3 Å². The molecule has 0 aliphatic rings. The molecule has 1 nitrogen and oxygen atoms in total. The van der Waals surface area contributed by atoms with Crippen molar-refractivity contribution in [3.05, 3.63) is 53.1 Å². The van der Waals surface area contributed by atoms with Gasteiger partial charge in [-0.05, 0) is 29.8 Å². The zero-order valence-corrected chi connectivity index (χ0v) is 9.89. The van der Waals surface area contributed by atoms with Crippen molar-refractivity contribution in [2.24, 2.45) is 0 Å². The van der Waals surface area contributed by atoms with Gasteiger partial charge < -0.3 is 5.73 Å². The van der Waals surface area contributed by atoms with Gasteiger partial charge in [0.1, 0.15) is 0 Å². The number of benzene rings is 2. The molecule has 2 rings (SSSR count). The van der Waals surface area contributed by atoms with E-state index in [-0.39, 0.29) is 5.69 Å². The molecule has 0 radical (unpaired) electrons. The van der Waals surface area contributed by atoms with E-state index in [0.29, 0.717) is 10.6 Å². The molecule has 0 unspecified atom stereocenters. The molecule has 0 aromatic heterocycles. The predicted octanol–water partition coefficient (Wildman–Crippen LogP) is 4.61. The van der Waals surface area contributed by atoms with Crippen LogP contribution in [0.1, 0.15) is 5.56 Å². The first-order valence-corrected chi connectivity index (χ1v) is 5.48. The Kier molecular flexibility index (Phi) is 3.22. The van der Waals surface area contributed by atoms with Crippen molar-refractivity contribution in [1.82, 2.24) is 0 Å². The normalized spacial score (nSPS) is 11.6. The highest BCUT2D eigenvalue weighted by Crippen LogP contribution is 2.34. The number of nitrogens with two attached hydrogens (primary N) is 1. The molecule has 0 aliphatic heterocycles. The summed E-state index contributed by atoms with van der Waals surface area (Å²) in [6, 6.07) is 10.1. The van der Waals surface area contributed by atoms with Crippen LogP contribution in [0.15, 0.2) is 42.5 Å². The number of hydrogen-bond donors (Lipinski definition) is 1. The molecule has 0 saturated heterocycles. The summed E-state index contributed by atoms with van der Waals surface area (Å²) in [7, 11) is 0. The molecule has 0 saturated carbocycles. The second-order valence-electron chi connectivity index (χ2n) is 3.81. The molecule has 0 atom stereocenters. The molecule has 5 heteroatoms. The molecular weight excluding hydrogens is 263 g/mol. The summed E-state index contributed by atoms with van der Waals surface area (Å²) in [5.41, 5.74) is 6.28. The Labute approximate surface area is 107 Å². The molecule has 0 bridgehead atoms. The van der Waals surface area contributed by atoms with E-state index in [0.717, 1.165) is 17.7 Å². The monoisotopic (exact) mass is 271 g/mol. The third kappa shape index (κ3) is 2.59. The van der Waals surface area contributed by atoms with Crippen molar-refractivity contribution >= 4 is 17.3 Å². The number of alkyl halides is 3. The molecule has 2 N–H and O–H groups in total. The maximum absolute atomic E-state index is 12.5. The van der Waals surface area contributed by atoms with Gasteiger partial charge in [-0.15, -0.1) is 0 Å². The minimum absolute atomic E-state index is 0.0900. The van der Waals surface area contributed by atoms with Crippen molar-refractivity contribution in [2.45, 2.75) is 6.18 Å². The van der Waals surface area contributed by atoms with Gasteiger partial charge in [0.2, 0.25) is 0 Å². The fourth-order valence-corrected chi connectivity index (χ4v) is 1.76. The molecule has 0 heterocycles. The summed E-state index contributed by atoms with van der Waals surface area (Å²) >= 11 is 5.74. The summed E-state index contributed by atoms with van der Waals surface area (Å²) in [6.45, 7) is 0. The topological polar surface area (TPSA) is 26.0 Å². The Morgan fingerprint density at radius 3 is 2.06 bits per heavy atom. The number of rotatable bonds is 1. The fraction of sp³-hybridized carbons (Fsp3) is 0.0769. The lowest BCUT2D eigenvalue weighted by Crippen LogP contribution is -2.05. The summed E-state index contributed by atoms with van der Waals surface area (Å²) in [6.07, 6.45) is -4.38. The number of halogens is 4. The lowest BCUT2D eigenvalue weighted by atomic mass is 10.0. The largest absolute Gasteiger partial charge is 0.416 e. The zero-order chi connectivity index (χ0) is 13.3. The van der Waals surface area contributed by atoms with Gasteiger partial charge in [0.25, 0.3) is 0 Å². The fourth-order valence-electron chi connectivity index (χ4n) is 1.63. The predicted molar refractivity (Wildman–Crippen MR) is 66.3 cm³/mol. The van der Waals surface area contributed by atoms with Crippen molar-refractivity contribution in [1.29, 1.82) is 0 Å². The minimum Gasteiger partial charge on any atom is -0.398 e. The quantitative estimate of drug-likeness (QED) is 0.753. The van der Waals surface area contributed by atoms with Gasteiger partial charge in [-0.25, -0.2) is 0 Å². The third-order valence-corrected chi connectivity index (χ3v) is 2.79. The van der Waals surface area contributed by atoms with Crippen LogP contribution in [-0.2, 0) is 6.18 Å². The van der Waals surface area contributed by atoms with Crippen LogP contribution in [0.5, 0.6) is 0 Å². The first-order valence-electron chi connectivity index (χ1n) is 5.10. The molecule has 0 aliphatic carbocycles. The van der Waals surface area contributed by atoms with Gasteiger partial charge in [-0.2, -0.15) is 13.2 Å². The van der Waals surface area contributed by atoms with E-state index >= 15 is 0 Å². The zero-order valence-electron chi connectivity index (χ0n) is 9.13. The Hall–Kier alpha value is -1.68. The van der Waals surface area contributed by atoms with E-state index in [2.05, 4.69) is 0 Å². The van der Waals surface area contributed by atoms with E-state index < -0.39 is 11.7 Å². The average molecular weight is 272 g/mol. The van der Waals surface area contributed by atoms with E-state index in [4.69, 9.17) is 17.3 Å². The summed E-state index contributed by atoms with van der Waals surface area (Å²) < 4.78 is 37.4. The van der Waals surface area contributed by atoms with Crippen molar-refractivity contribution in [3.63, 3.8) is 0 Å². The van der Waals surface area contributed by atoms with Gasteiger partial charge in [-0.1, -0.05) is 29.8 Å². The minimum atomic E-state index is -4.38. The van der Waals surface area contributed by atoms with Crippen LogP contribution < -0.4 is 5.73 Å². The Balaban J connectivity index is 2.45. The number of anilines is 1. The third-order valence-electron chi connectivity index (χ3n) is 2.53. The van der Waals surface area contributed by atoms with Crippen molar-refractivity contribution < 1.29 is 13.2 Å². The van der Waals surface area contributed by atoms with Crippen LogP contribution in [-0.4, -0.2) is 0 Å². The Morgan fingerprint density at radius 2 is 1.56 bits per heavy atom. The second kappa shape index (κ2) is 4.53. The SMILES string of the molecule is Nc1cc(C(F)(F)F)ccc1-c1ccc(Cl)cc1. The molecule has 0 spiro atoms. The second-order valence-corrected chi connectivity index (χ2v) is 4.24. The first-order chi connectivity index (χ1) is 8.38. The highest BCUT2D eigenvalue weighted by atomic mass is 35.5. The molecular formula is C13H9ClF3N. The standard InChI is InChI=1S/C13H9ClF3N/c14-10-4-1-8(2-5-10)11-6-3-9(7-12(11)18)13(15,16)17/h1-7H,18H2. The molecule has 18 heavy (non-hydrogen) atoms. The maximum Gasteiger partial charge on any atom is 0.416 e. The lowest BCUT2D eigenvalue weighted by Gasteiger charge is -2.11. The highest BCUT2D eigenvalue weighted by Gasteiger charge is 2.30. The van der Waals surface area contributed by atoms with Crippen molar-refractivity contribution in [3.8, 4) is 11.1 Å². The van der Waals surface area contributed by atoms with Crippen LogP contribution in [0.4, 0.5) is 18.9 Å². The van der Waals surface area contributed by atoms with Crippen LogP contribution in [0.25, 0.3) is 11.1 Å². The Bertz CT molecular complexity index is 561. The molecule has 0 fully saturated rings. The van der Waals surface area contributed by atoms with Crippen LogP contribution in [0.2, 0.25) is 5.02 Å². The van der Waals surface area contributed by atoms with E-state index in [9.17, 15) is 13.2 Å². The highest BCUT2D eigenvalue weighted by molar-refractivity contribution is 6.30.